The first kappa shape index (κ1) is 13.9. The largest absolute Gasteiger partial charge is 0.352 e. The number of aryl methyl sites for hydroxylation is 1. The lowest BCUT2D eigenvalue weighted by Gasteiger charge is -2.23. The van der Waals surface area contributed by atoms with E-state index in [0.29, 0.717) is 13.0 Å². The van der Waals surface area contributed by atoms with E-state index in [2.05, 4.69) is 20.9 Å². The summed E-state index contributed by atoms with van der Waals surface area (Å²) < 4.78 is 1.67. The lowest BCUT2D eigenvalue weighted by molar-refractivity contribution is -0.122. The van der Waals surface area contributed by atoms with Crippen molar-refractivity contribution in [2.45, 2.75) is 31.8 Å². The summed E-state index contributed by atoms with van der Waals surface area (Å²) in [5.74, 6) is 0.0872. The number of nitrogens with zero attached hydrogens (tertiary/aromatic N) is 3. The molecule has 6 nitrogen and oxygen atoms in total. The molecule has 0 aromatic carbocycles. The Morgan fingerprint density at radius 2 is 2.47 bits per heavy atom. The molecule has 0 unspecified atom stereocenters. The second kappa shape index (κ2) is 7.24. The zero-order valence-electron chi connectivity index (χ0n) is 9.63. The highest BCUT2D eigenvalue weighted by Gasteiger charge is 2.14. The number of carbonyl (C=O) groups is 1. The average molecular weight is 260 g/mol. The van der Waals surface area contributed by atoms with E-state index in [1.807, 2.05) is 0 Å². The Morgan fingerprint density at radius 3 is 3.12 bits per heavy atom. The number of aromatic nitrogens is 3. The van der Waals surface area contributed by atoms with Crippen LogP contribution in [0.2, 0.25) is 0 Å². The zero-order chi connectivity index (χ0) is 11.2. The van der Waals surface area contributed by atoms with Crippen molar-refractivity contribution in [1.29, 1.82) is 0 Å². The molecule has 7 heteroatoms. The Morgan fingerprint density at radius 1 is 1.59 bits per heavy atom. The number of hydrogen-bond donors (Lipinski definition) is 2. The van der Waals surface area contributed by atoms with Gasteiger partial charge in [0.1, 0.15) is 0 Å². The molecule has 1 fully saturated rings. The van der Waals surface area contributed by atoms with E-state index in [4.69, 9.17) is 0 Å². The monoisotopic (exact) mass is 259 g/mol. The summed E-state index contributed by atoms with van der Waals surface area (Å²) in [7, 11) is 0. The molecule has 0 spiro atoms. The maximum Gasteiger partial charge on any atom is 0.222 e. The average Bonchev–Trinajstić information content (AvgIpc) is 2.81. The fourth-order valence-electron chi connectivity index (χ4n) is 1.84. The molecular formula is C10H18ClN5O. The van der Waals surface area contributed by atoms with Crippen molar-refractivity contribution >= 4 is 18.3 Å². The molecule has 1 amide bonds. The third-order valence-electron chi connectivity index (χ3n) is 2.70. The number of amides is 1. The van der Waals surface area contributed by atoms with Gasteiger partial charge in [0.15, 0.2) is 0 Å². The summed E-state index contributed by atoms with van der Waals surface area (Å²) in [5.41, 5.74) is 0. The Balaban J connectivity index is 0.00000144. The minimum atomic E-state index is 0. The summed E-state index contributed by atoms with van der Waals surface area (Å²) >= 11 is 0. The van der Waals surface area contributed by atoms with Gasteiger partial charge in [0.25, 0.3) is 0 Å². The summed E-state index contributed by atoms with van der Waals surface area (Å²) in [6, 6.07) is 0.289. The van der Waals surface area contributed by atoms with Gasteiger partial charge in [0, 0.05) is 25.2 Å². The van der Waals surface area contributed by atoms with Crippen molar-refractivity contribution in [3.8, 4) is 0 Å². The Kier molecular flexibility index (Phi) is 5.93. The van der Waals surface area contributed by atoms with Crippen molar-refractivity contribution in [2.24, 2.45) is 0 Å². The van der Waals surface area contributed by atoms with Gasteiger partial charge in [-0.1, -0.05) is 5.21 Å². The van der Waals surface area contributed by atoms with E-state index >= 15 is 0 Å². The Bertz CT molecular complexity index is 323. The molecule has 2 heterocycles. The highest BCUT2D eigenvalue weighted by Crippen LogP contribution is 2.01. The second-order valence-electron chi connectivity index (χ2n) is 4.03. The van der Waals surface area contributed by atoms with Gasteiger partial charge in [-0.2, -0.15) is 0 Å². The molecule has 96 valence electrons. The lowest BCUT2D eigenvalue weighted by Crippen LogP contribution is -2.45. The number of halogens is 1. The predicted molar refractivity (Wildman–Crippen MR) is 65.9 cm³/mol. The molecule has 1 aromatic heterocycles. The maximum absolute atomic E-state index is 11.6. The summed E-state index contributed by atoms with van der Waals surface area (Å²) in [5, 5.41) is 13.8. The van der Waals surface area contributed by atoms with Gasteiger partial charge in [-0.15, -0.1) is 17.5 Å². The van der Waals surface area contributed by atoms with Crippen LogP contribution < -0.4 is 10.6 Å². The van der Waals surface area contributed by atoms with Crippen LogP contribution in [0.4, 0.5) is 0 Å². The Hall–Kier alpha value is -1.14. The summed E-state index contributed by atoms with van der Waals surface area (Å²) in [4.78, 5) is 11.6. The first-order valence-electron chi connectivity index (χ1n) is 5.69. The number of carbonyl (C=O) groups excluding carboxylic acids is 1. The van der Waals surface area contributed by atoms with Crippen LogP contribution in [0.15, 0.2) is 12.4 Å². The van der Waals surface area contributed by atoms with Crippen molar-refractivity contribution in [2.75, 3.05) is 13.1 Å². The van der Waals surface area contributed by atoms with Crippen LogP contribution in [-0.4, -0.2) is 40.0 Å². The molecule has 1 aromatic rings. The van der Waals surface area contributed by atoms with Crippen LogP contribution in [0.5, 0.6) is 0 Å². The topological polar surface area (TPSA) is 71.8 Å². The number of nitrogens with one attached hydrogen (secondary N) is 2. The molecule has 1 atom stereocenters. The molecule has 1 aliphatic rings. The van der Waals surface area contributed by atoms with Gasteiger partial charge in [0.05, 0.1) is 12.7 Å². The molecule has 17 heavy (non-hydrogen) atoms. The summed E-state index contributed by atoms with van der Waals surface area (Å²) in [6.45, 7) is 2.53. The standard InChI is InChI=1S/C10H17N5O.ClH/c16-10(3-6-15-7-5-12-14-15)13-9-2-1-4-11-8-9;/h5,7,9,11H,1-4,6,8H2,(H,13,16);1H/t9-;/m1./s1. The van der Waals surface area contributed by atoms with E-state index in [9.17, 15) is 4.79 Å². The number of piperidine rings is 1. The van der Waals surface area contributed by atoms with Crippen LogP contribution in [0.3, 0.4) is 0 Å². The highest BCUT2D eigenvalue weighted by molar-refractivity contribution is 5.85. The quantitative estimate of drug-likeness (QED) is 0.796. The van der Waals surface area contributed by atoms with Crippen LogP contribution >= 0.6 is 12.4 Å². The zero-order valence-corrected chi connectivity index (χ0v) is 10.4. The van der Waals surface area contributed by atoms with Crippen molar-refractivity contribution in [3.05, 3.63) is 12.4 Å². The molecular weight excluding hydrogens is 242 g/mol. The van der Waals surface area contributed by atoms with Gasteiger partial charge in [0.2, 0.25) is 5.91 Å². The van der Waals surface area contributed by atoms with Crippen LogP contribution in [0.25, 0.3) is 0 Å². The van der Waals surface area contributed by atoms with Gasteiger partial charge in [-0.3, -0.25) is 9.48 Å². The van der Waals surface area contributed by atoms with Crippen LogP contribution in [-0.2, 0) is 11.3 Å². The van der Waals surface area contributed by atoms with E-state index in [1.165, 1.54) is 0 Å². The van der Waals surface area contributed by atoms with Gasteiger partial charge < -0.3 is 10.6 Å². The fourth-order valence-corrected chi connectivity index (χ4v) is 1.84. The predicted octanol–water partition coefficient (Wildman–Crippen LogP) is -0.0418. The lowest BCUT2D eigenvalue weighted by atomic mass is 10.1. The molecule has 0 aliphatic carbocycles. The maximum atomic E-state index is 11.6. The summed E-state index contributed by atoms with van der Waals surface area (Å²) in [6.07, 6.45) is 6.04. The minimum Gasteiger partial charge on any atom is -0.352 e. The fraction of sp³-hybridized carbons (Fsp3) is 0.700. The molecule has 0 bridgehead atoms. The highest BCUT2D eigenvalue weighted by atomic mass is 35.5. The van der Waals surface area contributed by atoms with Crippen molar-refractivity contribution in [1.82, 2.24) is 25.6 Å². The first-order valence-corrected chi connectivity index (χ1v) is 5.69. The van der Waals surface area contributed by atoms with E-state index < -0.39 is 0 Å². The molecule has 1 saturated heterocycles. The van der Waals surface area contributed by atoms with Crippen molar-refractivity contribution in [3.63, 3.8) is 0 Å². The third kappa shape index (κ3) is 4.70. The molecule has 2 rings (SSSR count). The van der Waals surface area contributed by atoms with Gasteiger partial charge in [-0.05, 0) is 19.4 Å². The SMILES string of the molecule is Cl.O=C(CCn1ccnn1)N[C@@H]1CCCNC1. The Labute approximate surface area is 107 Å². The number of hydrogen-bond acceptors (Lipinski definition) is 4. The van der Waals surface area contributed by atoms with Crippen molar-refractivity contribution < 1.29 is 4.79 Å². The van der Waals surface area contributed by atoms with Gasteiger partial charge in [-0.25, -0.2) is 0 Å². The van der Waals surface area contributed by atoms with Crippen LogP contribution in [0, 0.1) is 0 Å². The van der Waals surface area contributed by atoms with E-state index in [1.54, 1.807) is 17.1 Å². The smallest absolute Gasteiger partial charge is 0.222 e. The third-order valence-corrected chi connectivity index (χ3v) is 2.70. The van der Waals surface area contributed by atoms with Gasteiger partial charge >= 0.3 is 0 Å². The normalized spacial score (nSPS) is 19.4. The minimum absolute atomic E-state index is 0. The van der Waals surface area contributed by atoms with E-state index in [0.717, 1.165) is 25.9 Å². The number of rotatable bonds is 4. The molecule has 0 saturated carbocycles. The first-order chi connectivity index (χ1) is 7.84. The second-order valence-corrected chi connectivity index (χ2v) is 4.03. The van der Waals surface area contributed by atoms with E-state index in [-0.39, 0.29) is 24.4 Å². The molecule has 2 N–H and O–H groups in total. The molecule has 0 radical (unpaired) electrons. The van der Waals surface area contributed by atoms with Crippen LogP contribution in [0.1, 0.15) is 19.3 Å². The molecule has 1 aliphatic heterocycles.